The van der Waals surface area contributed by atoms with Gasteiger partial charge in [0.25, 0.3) is 11.8 Å². The maximum atomic E-state index is 13.4. The number of carbonyl (C=O) groups is 3. The van der Waals surface area contributed by atoms with Crippen molar-refractivity contribution in [3.05, 3.63) is 95.3 Å². The summed E-state index contributed by atoms with van der Waals surface area (Å²) in [6.45, 7) is 0.0918. The molecule has 8 heteroatoms. The number of ether oxygens (including phenoxy) is 2. The van der Waals surface area contributed by atoms with Crippen LogP contribution in [0.1, 0.15) is 11.1 Å². The van der Waals surface area contributed by atoms with Gasteiger partial charge in [-0.05, 0) is 54.1 Å². The molecule has 0 spiro atoms. The molecule has 0 aromatic heterocycles. The Labute approximate surface area is 189 Å². The fourth-order valence-corrected chi connectivity index (χ4v) is 3.30. The lowest BCUT2D eigenvalue weighted by Gasteiger charge is -2.26. The van der Waals surface area contributed by atoms with E-state index in [9.17, 15) is 18.8 Å². The molecule has 0 bridgehead atoms. The minimum absolute atomic E-state index is 0.0918. The lowest BCUT2D eigenvalue weighted by molar-refractivity contribution is -0.122. The third-order valence-electron chi connectivity index (χ3n) is 4.93. The van der Waals surface area contributed by atoms with Gasteiger partial charge in [-0.2, -0.15) is 0 Å². The second-order valence-corrected chi connectivity index (χ2v) is 7.11. The number of hydrogen-bond donors (Lipinski definition) is 1. The molecule has 1 fully saturated rings. The van der Waals surface area contributed by atoms with Crippen LogP contribution in [0.5, 0.6) is 11.5 Å². The first kappa shape index (κ1) is 21.8. The Balaban J connectivity index is 1.62. The van der Waals surface area contributed by atoms with Crippen molar-refractivity contribution in [2.45, 2.75) is 6.61 Å². The van der Waals surface area contributed by atoms with Crippen molar-refractivity contribution in [3.63, 3.8) is 0 Å². The molecule has 1 heterocycles. The molecular weight excluding hydrogens is 427 g/mol. The Hall–Kier alpha value is -4.46. The molecule has 166 valence electrons. The topological polar surface area (TPSA) is 84.9 Å². The molecule has 33 heavy (non-hydrogen) atoms. The maximum Gasteiger partial charge on any atom is 0.335 e. The molecule has 1 saturated heterocycles. The highest BCUT2D eigenvalue weighted by molar-refractivity contribution is 6.39. The van der Waals surface area contributed by atoms with Crippen LogP contribution in [0.4, 0.5) is 14.9 Å². The number of halogens is 1. The second-order valence-electron chi connectivity index (χ2n) is 7.11. The average Bonchev–Trinajstić information content (AvgIpc) is 2.81. The van der Waals surface area contributed by atoms with Gasteiger partial charge in [0.05, 0.1) is 12.8 Å². The Morgan fingerprint density at radius 1 is 0.970 bits per heavy atom. The van der Waals surface area contributed by atoms with E-state index < -0.39 is 17.8 Å². The van der Waals surface area contributed by atoms with Gasteiger partial charge in [0.15, 0.2) is 0 Å². The standard InChI is InChI=1S/C25H19FN2O5/c1-32-20-11-9-19(10-12-20)28-24(30)21(23(29)27-25(28)31)14-17-6-2-3-8-22(17)33-15-16-5-4-7-18(26)13-16/h2-14H,15H2,1H3,(H,27,29,31)/b21-14+. The first-order valence-electron chi connectivity index (χ1n) is 9.98. The number of nitrogens with zero attached hydrogens (tertiary/aromatic N) is 1. The Kier molecular flexibility index (Phi) is 6.17. The summed E-state index contributed by atoms with van der Waals surface area (Å²) in [6, 6.07) is 18.2. The molecule has 7 nitrogen and oxygen atoms in total. The number of nitrogens with one attached hydrogen (secondary N) is 1. The van der Waals surface area contributed by atoms with Crippen molar-refractivity contribution < 1.29 is 28.2 Å². The fourth-order valence-electron chi connectivity index (χ4n) is 3.30. The number of imide groups is 2. The van der Waals surface area contributed by atoms with Gasteiger partial charge in [-0.25, -0.2) is 14.1 Å². The lowest BCUT2D eigenvalue weighted by atomic mass is 10.1. The van der Waals surface area contributed by atoms with Crippen LogP contribution in [0.3, 0.4) is 0 Å². The normalized spacial score (nSPS) is 14.9. The van der Waals surface area contributed by atoms with E-state index in [4.69, 9.17) is 9.47 Å². The number of amides is 4. The molecule has 0 saturated carbocycles. The zero-order valence-electron chi connectivity index (χ0n) is 17.6. The molecule has 0 atom stereocenters. The van der Waals surface area contributed by atoms with E-state index in [0.29, 0.717) is 22.6 Å². The quantitative estimate of drug-likeness (QED) is 0.456. The highest BCUT2D eigenvalue weighted by atomic mass is 19.1. The number of carbonyl (C=O) groups excluding carboxylic acids is 3. The Morgan fingerprint density at radius 2 is 1.73 bits per heavy atom. The Bertz CT molecular complexity index is 1250. The number of barbiturate groups is 1. The third kappa shape index (κ3) is 4.74. The maximum absolute atomic E-state index is 13.4. The van der Waals surface area contributed by atoms with Crippen LogP contribution in [0.25, 0.3) is 6.08 Å². The number of para-hydroxylation sites is 1. The number of hydrogen-bond acceptors (Lipinski definition) is 5. The SMILES string of the molecule is COc1ccc(N2C(=O)NC(=O)/C(=C\c3ccccc3OCc3cccc(F)c3)C2=O)cc1. The summed E-state index contributed by atoms with van der Waals surface area (Å²) >= 11 is 0. The van der Waals surface area contributed by atoms with Crippen molar-refractivity contribution in [1.29, 1.82) is 0 Å². The fraction of sp³-hybridized carbons (Fsp3) is 0.0800. The summed E-state index contributed by atoms with van der Waals surface area (Å²) in [6.07, 6.45) is 1.36. The number of methoxy groups -OCH3 is 1. The highest BCUT2D eigenvalue weighted by Gasteiger charge is 2.37. The van der Waals surface area contributed by atoms with E-state index in [0.717, 1.165) is 4.90 Å². The van der Waals surface area contributed by atoms with Crippen LogP contribution in [0, 0.1) is 5.82 Å². The van der Waals surface area contributed by atoms with Crippen molar-refractivity contribution in [3.8, 4) is 11.5 Å². The zero-order chi connectivity index (χ0) is 23.4. The van der Waals surface area contributed by atoms with E-state index in [1.54, 1.807) is 60.7 Å². The molecule has 1 N–H and O–H groups in total. The van der Waals surface area contributed by atoms with Gasteiger partial charge in [-0.1, -0.05) is 30.3 Å². The largest absolute Gasteiger partial charge is 0.497 e. The first-order valence-corrected chi connectivity index (χ1v) is 9.98. The van der Waals surface area contributed by atoms with Crippen molar-refractivity contribution >= 4 is 29.6 Å². The van der Waals surface area contributed by atoms with Crippen molar-refractivity contribution in [1.82, 2.24) is 5.32 Å². The van der Waals surface area contributed by atoms with Crippen LogP contribution in [0.2, 0.25) is 0 Å². The Morgan fingerprint density at radius 3 is 2.45 bits per heavy atom. The third-order valence-corrected chi connectivity index (χ3v) is 4.93. The van der Waals surface area contributed by atoms with Crippen molar-refractivity contribution in [2.24, 2.45) is 0 Å². The average molecular weight is 446 g/mol. The summed E-state index contributed by atoms with van der Waals surface area (Å²) in [5.41, 5.74) is 1.14. The lowest BCUT2D eigenvalue weighted by Crippen LogP contribution is -2.54. The van der Waals surface area contributed by atoms with E-state index in [1.807, 2.05) is 0 Å². The minimum Gasteiger partial charge on any atom is -0.497 e. The summed E-state index contributed by atoms with van der Waals surface area (Å²) in [5.74, 6) is -1.01. The van der Waals surface area contributed by atoms with Gasteiger partial charge < -0.3 is 9.47 Å². The molecule has 1 aliphatic rings. The molecule has 0 aliphatic carbocycles. The van der Waals surface area contributed by atoms with E-state index >= 15 is 0 Å². The van der Waals surface area contributed by atoms with Gasteiger partial charge >= 0.3 is 6.03 Å². The number of rotatable bonds is 6. The van der Waals surface area contributed by atoms with E-state index in [1.165, 1.54) is 25.3 Å². The van der Waals surface area contributed by atoms with Crippen LogP contribution in [0.15, 0.2) is 78.4 Å². The number of anilines is 1. The molecule has 0 radical (unpaired) electrons. The predicted molar refractivity (Wildman–Crippen MR) is 119 cm³/mol. The second kappa shape index (κ2) is 9.35. The summed E-state index contributed by atoms with van der Waals surface area (Å²) in [4.78, 5) is 38.8. The monoisotopic (exact) mass is 446 g/mol. The molecular formula is C25H19FN2O5. The smallest absolute Gasteiger partial charge is 0.335 e. The number of urea groups is 1. The molecule has 4 rings (SSSR count). The van der Waals surface area contributed by atoms with Crippen LogP contribution in [-0.4, -0.2) is 25.0 Å². The van der Waals surface area contributed by atoms with Gasteiger partial charge in [-0.15, -0.1) is 0 Å². The molecule has 3 aromatic rings. The van der Waals surface area contributed by atoms with Crippen molar-refractivity contribution in [2.75, 3.05) is 12.0 Å². The van der Waals surface area contributed by atoms with Gasteiger partial charge in [0.2, 0.25) is 0 Å². The summed E-state index contributed by atoms with van der Waals surface area (Å²) in [5, 5.41) is 2.19. The van der Waals surface area contributed by atoms with Crippen LogP contribution < -0.4 is 19.7 Å². The number of benzene rings is 3. The first-order chi connectivity index (χ1) is 16.0. The van der Waals surface area contributed by atoms with E-state index in [-0.39, 0.29) is 23.7 Å². The highest BCUT2D eigenvalue weighted by Crippen LogP contribution is 2.27. The van der Waals surface area contributed by atoms with Gasteiger partial charge in [0, 0.05) is 5.56 Å². The van der Waals surface area contributed by atoms with Crippen LogP contribution in [-0.2, 0) is 16.2 Å². The van der Waals surface area contributed by atoms with Gasteiger partial charge in [-0.3, -0.25) is 14.9 Å². The van der Waals surface area contributed by atoms with E-state index in [2.05, 4.69) is 5.32 Å². The zero-order valence-corrected chi connectivity index (χ0v) is 17.6. The minimum atomic E-state index is -0.844. The molecule has 4 amide bonds. The van der Waals surface area contributed by atoms with Gasteiger partial charge in [0.1, 0.15) is 29.5 Å². The van der Waals surface area contributed by atoms with Crippen LogP contribution >= 0.6 is 0 Å². The molecule has 3 aromatic carbocycles. The molecule has 1 aliphatic heterocycles. The molecule has 0 unspecified atom stereocenters. The summed E-state index contributed by atoms with van der Waals surface area (Å²) in [7, 11) is 1.50. The predicted octanol–water partition coefficient (Wildman–Crippen LogP) is 4.08. The summed E-state index contributed by atoms with van der Waals surface area (Å²) < 4.78 is 24.3.